The molecule has 116 valence electrons. The fourth-order valence-electron chi connectivity index (χ4n) is 1.82. The average Bonchev–Trinajstić information content (AvgIpc) is 2.65. The Balaban J connectivity index is 2.41. The number of nitrogens with zero attached hydrogens (tertiary/aromatic N) is 1. The highest BCUT2D eigenvalue weighted by Gasteiger charge is 2.33. The fraction of sp³-hybridized carbons (Fsp3) is 0.154. The van der Waals surface area contributed by atoms with Gasteiger partial charge in [0.05, 0.1) is 17.0 Å². The number of benzene rings is 1. The minimum absolute atomic E-state index is 0.186. The van der Waals surface area contributed by atoms with Gasteiger partial charge in [0.15, 0.2) is 0 Å². The molecule has 5 nitrogen and oxygen atoms in total. The van der Waals surface area contributed by atoms with E-state index in [-0.39, 0.29) is 9.23 Å². The van der Waals surface area contributed by atoms with Gasteiger partial charge < -0.3 is 9.84 Å². The van der Waals surface area contributed by atoms with Gasteiger partial charge >= 0.3 is 5.97 Å². The number of carboxylic acid groups (broad SMARTS) is 1. The number of ether oxygens (including phenoxy) is 1. The summed E-state index contributed by atoms with van der Waals surface area (Å²) in [6.45, 7) is -0.477. The lowest BCUT2D eigenvalue weighted by molar-refractivity contribution is -0.140. The normalized spacial score (nSPS) is 16.5. The number of carboxylic acids is 1. The lowest BCUT2D eigenvalue weighted by Crippen LogP contribution is -2.33. The monoisotopic (exact) mass is 377 g/mol. The van der Waals surface area contributed by atoms with Gasteiger partial charge in [0.2, 0.25) is 0 Å². The van der Waals surface area contributed by atoms with E-state index in [1.165, 1.54) is 19.3 Å². The van der Waals surface area contributed by atoms with Crippen molar-refractivity contribution >= 4 is 69.5 Å². The molecule has 1 heterocycles. The lowest BCUT2D eigenvalue weighted by Gasteiger charge is -2.10. The van der Waals surface area contributed by atoms with Crippen LogP contribution in [0.15, 0.2) is 17.0 Å². The van der Waals surface area contributed by atoms with Crippen LogP contribution in [0.4, 0.5) is 0 Å². The zero-order chi connectivity index (χ0) is 16.4. The van der Waals surface area contributed by atoms with Crippen molar-refractivity contribution in [3.63, 3.8) is 0 Å². The maximum absolute atomic E-state index is 12.2. The maximum atomic E-state index is 12.2. The molecule has 1 fully saturated rings. The van der Waals surface area contributed by atoms with Crippen LogP contribution in [0, 0.1) is 0 Å². The van der Waals surface area contributed by atoms with Crippen LogP contribution >= 0.6 is 47.2 Å². The second-order valence-electron chi connectivity index (χ2n) is 4.17. The molecule has 1 amide bonds. The van der Waals surface area contributed by atoms with E-state index in [2.05, 4.69) is 0 Å². The van der Waals surface area contributed by atoms with Crippen LogP contribution in [-0.2, 0) is 9.59 Å². The molecule has 1 aromatic rings. The van der Waals surface area contributed by atoms with E-state index >= 15 is 0 Å². The van der Waals surface area contributed by atoms with E-state index < -0.39 is 18.4 Å². The van der Waals surface area contributed by atoms with Crippen LogP contribution in [0.3, 0.4) is 0 Å². The van der Waals surface area contributed by atoms with E-state index in [9.17, 15) is 9.59 Å². The molecule has 1 saturated heterocycles. The zero-order valence-electron chi connectivity index (χ0n) is 11.1. The minimum Gasteiger partial charge on any atom is -0.495 e. The Morgan fingerprint density at radius 2 is 2.18 bits per heavy atom. The third-order valence-electron chi connectivity index (χ3n) is 2.69. The zero-order valence-corrected chi connectivity index (χ0v) is 14.3. The molecule has 1 aromatic carbocycles. The molecular formula is C13H9Cl2NO4S2. The lowest BCUT2D eigenvalue weighted by atomic mass is 10.2. The summed E-state index contributed by atoms with van der Waals surface area (Å²) in [5.41, 5.74) is 0.510. The molecule has 0 atom stereocenters. The summed E-state index contributed by atoms with van der Waals surface area (Å²) in [5, 5.41) is 9.50. The molecule has 2 rings (SSSR count). The summed E-state index contributed by atoms with van der Waals surface area (Å²) in [6, 6.07) is 3.12. The number of amides is 1. The Bertz CT molecular complexity index is 706. The molecule has 0 radical (unpaired) electrons. The number of halogens is 2. The van der Waals surface area contributed by atoms with Gasteiger partial charge in [-0.1, -0.05) is 47.2 Å². The highest BCUT2D eigenvalue weighted by molar-refractivity contribution is 8.26. The van der Waals surface area contributed by atoms with Crippen LogP contribution in [0.25, 0.3) is 6.08 Å². The first-order valence-corrected chi connectivity index (χ1v) is 7.81. The Morgan fingerprint density at radius 3 is 2.77 bits per heavy atom. The highest BCUT2D eigenvalue weighted by Crippen LogP contribution is 2.37. The SMILES string of the molecule is COc1c(Cl)cc(Cl)cc1/C=C1\SC(=S)N(CC(=O)O)C1=O. The standard InChI is InChI=1S/C13H9Cl2NO4S2/c1-20-11-6(2-7(14)4-8(11)15)3-9-12(19)16(5-10(17)18)13(21)22-9/h2-4H,5H2,1H3,(H,17,18)/b9-3-. The number of thiocarbonyl (C=S) groups is 1. The van der Waals surface area contributed by atoms with Gasteiger partial charge in [-0.3, -0.25) is 14.5 Å². The molecule has 1 aliphatic heterocycles. The topological polar surface area (TPSA) is 66.8 Å². The van der Waals surface area contributed by atoms with E-state index in [4.69, 9.17) is 45.3 Å². The van der Waals surface area contributed by atoms with Crippen molar-refractivity contribution in [3.8, 4) is 5.75 Å². The number of methoxy groups -OCH3 is 1. The second-order valence-corrected chi connectivity index (χ2v) is 6.69. The van der Waals surface area contributed by atoms with Crippen LogP contribution in [0.2, 0.25) is 10.0 Å². The van der Waals surface area contributed by atoms with Crippen molar-refractivity contribution in [1.82, 2.24) is 4.90 Å². The van der Waals surface area contributed by atoms with Crippen molar-refractivity contribution < 1.29 is 19.4 Å². The van der Waals surface area contributed by atoms with Crippen LogP contribution in [-0.4, -0.2) is 39.9 Å². The van der Waals surface area contributed by atoms with Crippen molar-refractivity contribution in [1.29, 1.82) is 0 Å². The predicted octanol–water partition coefficient (Wildman–Crippen LogP) is 3.29. The van der Waals surface area contributed by atoms with Crippen molar-refractivity contribution in [3.05, 3.63) is 32.6 Å². The minimum atomic E-state index is -1.14. The second kappa shape index (κ2) is 6.87. The van der Waals surface area contributed by atoms with Crippen LogP contribution in [0.1, 0.15) is 5.56 Å². The molecule has 0 bridgehead atoms. The average molecular weight is 378 g/mol. The molecule has 0 unspecified atom stereocenters. The van der Waals surface area contributed by atoms with Gasteiger partial charge in [-0.05, 0) is 18.2 Å². The molecule has 0 aliphatic carbocycles. The van der Waals surface area contributed by atoms with Gasteiger partial charge in [0.25, 0.3) is 5.91 Å². The number of hydrogen-bond donors (Lipinski definition) is 1. The van der Waals surface area contributed by atoms with Crippen molar-refractivity contribution in [2.75, 3.05) is 13.7 Å². The summed E-state index contributed by atoms with van der Waals surface area (Å²) in [5.74, 6) is -1.24. The Labute approximate surface area is 145 Å². The van der Waals surface area contributed by atoms with Gasteiger partial charge in [-0.2, -0.15) is 0 Å². The summed E-state index contributed by atoms with van der Waals surface area (Å²) in [6.07, 6.45) is 1.53. The van der Waals surface area contributed by atoms with Crippen molar-refractivity contribution in [2.24, 2.45) is 0 Å². The maximum Gasteiger partial charge on any atom is 0.323 e. The fourth-order valence-corrected chi connectivity index (χ4v) is 3.65. The first-order chi connectivity index (χ1) is 10.3. The Hall–Kier alpha value is -1.28. The van der Waals surface area contributed by atoms with Crippen LogP contribution in [0.5, 0.6) is 5.75 Å². The number of hydrogen-bond acceptors (Lipinski definition) is 5. The quantitative estimate of drug-likeness (QED) is 0.641. The number of thioether (sulfide) groups is 1. The van der Waals surface area contributed by atoms with Gasteiger partial charge in [-0.15, -0.1) is 0 Å². The van der Waals surface area contributed by atoms with E-state index in [0.29, 0.717) is 21.4 Å². The molecule has 0 aromatic heterocycles. The largest absolute Gasteiger partial charge is 0.495 e. The summed E-state index contributed by atoms with van der Waals surface area (Å²) < 4.78 is 5.38. The first kappa shape index (κ1) is 17.1. The Morgan fingerprint density at radius 1 is 1.50 bits per heavy atom. The summed E-state index contributed by atoms with van der Waals surface area (Å²) in [4.78, 5) is 24.3. The van der Waals surface area contributed by atoms with Gasteiger partial charge in [0, 0.05) is 10.6 Å². The molecule has 0 saturated carbocycles. The molecule has 1 N–H and O–H groups in total. The molecule has 0 spiro atoms. The van der Waals surface area contributed by atoms with E-state index in [1.807, 2.05) is 0 Å². The molecule has 1 aliphatic rings. The number of rotatable bonds is 4. The Kier molecular flexibility index (Phi) is 5.33. The predicted molar refractivity (Wildman–Crippen MR) is 90.5 cm³/mol. The number of carbonyl (C=O) groups is 2. The van der Waals surface area contributed by atoms with E-state index in [0.717, 1.165) is 16.7 Å². The third kappa shape index (κ3) is 3.55. The molecule has 9 heteroatoms. The summed E-state index contributed by atoms with van der Waals surface area (Å²) >= 11 is 18.0. The number of carbonyl (C=O) groups excluding carboxylic acids is 1. The molecular weight excluding hydrogens is 369 g/mol. The molecule has 22 heavy (non-hydrogen) atoms. The first-order valence-electron chi connectivity index (χ1n) is 5.83. The third-order valence-corrected chi connectivity index (χ3v) is 4.57. The highest BCUT2D eigenvalue weighted by atomic mass is 35.5. The summed E-state index contributed by atoms with van der Waals surface area (Å²) in [7, 11) is 1.45. The number of aliphatic carboxylic acids is 1. The van der Waals surface area contributed by atoms with Crippen LogP contribution < -0.4 is 4.74 Å². The van der Waals surface area contributed by atoms with Gasteiger partial charge in [0.1, 0.15) is 16.6 Å². The van der Waals surface area contributed by atoms with Crippen molar-refractivity contribution in [2.45, 2.75) is 0 Å². The van der Waals surface area contributed by atoms with E-state index in [1.54, 1.807) is 6.07 Å². The van der Waals surface area contributed by atoms with Gasteiger partial charge in [-0.25, -0.2) is 0 Å². The smallest absolute Gasteiger partial charge is 0.323 e.